The van der Waals surface area contributed by atoms with Gasteiger partial charge in [-0.05, 0) is 39.5 Å². The standard InChI is InChI=1S/C12H9BrFNOS/c13-9-4-1-5-10(14)11(9)12(16)15-7-8-3-2-6-17-8/h1-6H,7H2,(H,15,16). The highest BCUT2D eigenvalue weighted by atomic mass is 79.9. The molecule has 0 atom stereocenters. The summed E-state index contributed by atoms with van der Waals surface area (Å²) >= 11 is 4.72. The van der Waals surface area contributed by atoms with E-state index in [0.717, 1.165) is 4.88 Å². The molecule has 2 rings (SSSR count). The first-order chi connectivity index (χ1) is 8.18. The Bertz CT molecular complexity index is 507. The number of carbonyl (C=O) groups is 1. The number of thiophene rings is 1. The predicted molar refractivity (Wildman–Crippen MR) is 69.6 cm³/mol. The van der Waals surface area contributed by atoms with Crippen molar-refractivity contribution < 1.29 is 9.18 Å². The van der Waals surface area contributed by atoms with Gasteiger partial charge in [0.2, 0.25) is 0 Å². The van der Waals surface area contributed by atoms with Gasteiger partial charge in [-0.1, -0.05) is 12.1 Å². The summed E-state index contributed by atoms with van der Waals surface area (Å²) in [6.07, 6.45) is 0. The van der Waals surface area contributed by atoms with Gasteiger partial charge < -0.3 is 5.32 Å². The van der Waals surface area contributed by atoms with Gasteiger partial charge in [0, 0.05) is 9.35 Å². The third kappa shape index (κ3) is 2.92. The Morgan fingerprint density at radius 2 is 2.18 bits per heavy atom. The molecule has 0 aliphatic carbocycles. The zero-order valence-electron chi connectivity index (χ0n) is 8.74. The second-order valence-electron chi connectivity index (χ2n) is 3.36. The molecule has 0 fully saturated rings. The minimum absolute atomic E-state index is 0.0454. The molecule has 0 aliphatic rings. The Morgan fingerprint density at radius 1 is 1.35 bits per heavy atom. The number of carbonyl (C=O) groups excluding carboxylic acids is 1. The Balaban J connectivity index is 2.10. The van der Waals surface area contributed by atoms with E-state index in [1.807, 2.05) is 17.5 Å². The Labute approximate surface area is 111 Å². The number of hydrogen-bond donors (Lipinski definition) is 1. The van der Waals surface area contributed by atoms with Crippen LogP contribution in [0.15, 0.2) is 40.2 Å². The first kappa shape index (κ1) is 12.3. The minimum Gasteiger partial charge on any atom is -0.347 e. The van der Waals surface area contributed by atoms with Gasteiger partial charge in [0.25, 0.3) is 5.91 Å². The normalized spacial score (nSPS) is 10.2. The SMILES string of the molecule is O=C(NCc1cccs1)c1c(F)cccc1Br. The Kier molecular flexibility index (Phi) is 3.91. The summed E-state index contributed by atoms with van der Waals surface area (Å²) in [7, 11) is 0. The zero-order valence-corrected chi connectivity index (χ0v) is 11.1. The molecule has 0 aliphatic heterocycles. The second-order valence-corrected chi connectivity index (χ2v) is 5.25. The van der Waals surface area contributed by atoms with E-state index in [-0.39, 0.29) is 5.56 Å². The summed E-state index contributed by atoms with van der Waals surface area (Å²) in [5.74, 6) is -0.938. The molecule has 1 N–H and O–H groups in total. The molecule has 0 unspecified atom stereocenters. The van der Waals surface area contributed by atoms with Crippen molar-refractivity contribution in [1.29, 1.82) is 0 Å². The molecule has 2 aromatic rings. The highest BCUT2D eigenvalue weighted by Gasteiger charge is 2.14. The Hall–Kier alpha value is -1.20. The van der Waals surface area contributed by atoms with Crippen molar-refractivity contribution in [2.24, 2.45) is 0 Å². The van der Waals surface area contributed by atoms with Crippen LogP contribution < -0.4 is 5.32 Å². The number of nitrogens with one attached hydrogen (secondary N) is 1. The third-order valence-electron chi connectivity index (χ3n) is 2.19. The van der Waals surface area contributed by atoms with Crippen molar-refractivity contribution in [3.05, 3.63) is 56.4 Å². The summed E-state index contributed by atoms with van der Waals surface area (Å²) in [6, 6.07) is 8.29. The van der Waals surface area contributed by atoms with Gasteiger partial charge in [-0.15, -0.1) is 11.3 Å². The van der Waals surface area contributed by atoms with E-state index >= 15 is 0 Å². The van der Waals surface area contributed by atoms with Crippen LogP contribution in [-0.4, -0.2) is 5.91 Å². The first-order valence-corrected chi connectivity index (χ1v) is 6.60. The number of benzene rings is 1. The van der Waals surface area contributed by atoms with Crippen LogP contribution in [0.2, 0.25) is 0 Å². The minimum atomic E-state index is -0.525. The van der Waals surface area contributed by atoms with Crippen LogP contribution in [0.4, 0.5) is 4.39 Å². The van der Waals surface area contributed by atoms with Gasteiger partial charge in [-0.3, -0.25) is 4.79 Å². The van der Waals surface area contributed by atoms with Crippen LogP contribution in [0.3, 0.4) is 0 Å². The van der Waals surface area contributed by atoms with Crippen molar-refractivity contribution >= 4 is 33.2 Å². The lowest BCUT2D eigenvalue weighted by Gasteiger charge is -2.06. The zero-order chi connectivity index (χ0) is 12.3. The molecule has 0 saturated heterocycles. The van der Waals surface area contributed by atoms with Crippen LogP contribution in [-0.2, 0) is 6.54 Å². The van der Waals surface area contributed by atoms with Crippen LogP contribution >= 0.6 is 27.3 Å². The maximum absolute atomic E-state index is 13.5. The highest BCUT2D eigenvalue weighted by Crippen LogP contribution is 2.19. The molecule has 0 spiro atoms. The summed E-state index contributed by atoms with van der Waals surface area (Å²) in [5.41, 5.74) is 0.0454. The fraction of sp³-hybridized carbons (Fsp3) is 0.0833. The van der Waals surface area contributed by atoms with E-state index in [0.29, 0.717) is 11.0 Å². The van der Waals surface area contributed by atoms with Gasteiger partial charge in [0.05, 0.1) is 12.1 Å². The van der Waals surface area contributed by atoms with Gasteiger partial charge in [-0.2, -0.15) is 0 Å². The van der Waals surface area contributed by atoms with E-state index in [9.17, 15) is 9.18 Å². The molecule has 1 aromatic carbocycles. The number of amides is 1. The van der Waals surface area contributed by atoms with Crippen molar-refractivity contribution in [2.75, 3.05) is 0 Å². The van der Waals surface area contributed by atoms with E-state index in [2.05, 4.69) is 21.2 Å². The summed E-state index contributed by atoms with van der Waals surface area (Å²) in [6.45, 7) is 0.414. The molecular formula is C12H9BrFNOS. The molecular weight excluding hydrogens is 305 g/mol. The van der Waals surface area contributed by atoms with Crippen molar-refractivity contribution in [2.45, 2.75) is 6.54 Å². The highest BCUT2D eigenvalue weighted by molar-refractivity contribution is 9.10. The van der Waals surface area contributed by atoms with E-state index < -0.39 is 11.7 Å². The first-order valence-electron chi connectivity index (χ1n) is 4.93. The maximum atomic E-state index is 13.5. The van der Waals surface area contributed by atoms with Gasteiger partial charge >= 0.3 is 0 Å². The Morgan fingerprint density at radius 3 is 2.82 bits per heavy atom. The molecule has 0 radical (unpaired) electrons. The van der Waals surface area contributed by atoms with Gasteiger partial charge in [-0.25, -0.2) is 4.39 Å². The average molecular weight is 314 g/mol. The summed E-state index contributed by atoms with van der Waals surface area (Å²) < 4.78 is 13.9. The van der Waals surface area contributed by atoms with E-state index in [1.165, 1.54) is 6.07 Å². The maximum Gasteiger partial charge on any atom is 0.255 e. The fourth-order valence-corrected chi connectivity index (χ4v) is 2.55. The van der Waals surface area contributed by atoms with Gasteiger partial charge in [0.15, 0.2) is 0 Å². The molecule has 88 valence electrons. The molecule has 0 bridgehead atoms. The monoisotopic (exact) mass is 313 g/mol. The predicted octanol–water partition coefficient (Wildman–Crippen LogP) is 3.58. The lowest BCUT2D eigenvalue weighted by molar-refractivity contribution is 0.0946. The molecule has 1 aromatic heterocycles. The van der Waals surface area contributed by atoms with E-state index in [1.54, 1.807) is 23.5 Å². The second kappa shape index (κ2) is 5.42. The lowest BCUT2D eigenvalue weighted by atomic mass is 10.2. The summed E-state index contributed by atoms with van der Waals surface area (Å²) in [4.78, 5) is 12.8. The van der Waals surface area contributed by atoms with Gasteiger partial charge in [0.1, 0.15) is 5.82 Å². The molecule has 1 heterocycles. The van der Waals surface area contributed by atoms with E-state index in [4.69, 9.17) is 0 Å². The third-order valence-corrected chi connectivity index (χ3v) is 3.73. The molecule has 1 amide bonds. The van der Waals surface area contributed by atoms with Crippen LogP contribution in [0.5, 0.6) is 0 Å². The molecule has 0 saturated carbocycles. The van der Waals surface area contributed by atoms with Crippen LogP contribution in [0, 0.1) is 5.82 Å². The molecule has 2 nitrogen and oxygen atoms in total. The average Bonchev–Trinajstić information content (AvgIpc) is 2.79. The fourth-order valence-electron chi connectivity index (χ4n) is 1.38. The largest absolute Gasteiger partial charge is 0.347 e. The van der Waals surface area contributed by atoms with Crippen LogP contribution in [0.25, 0.3) is 0 Å². The van der Waals surface area contributed by atoms with Crippen LogP contribution in [0.1, 0.15) is 15.2 Å². The topological polar surface area (TPSA) is 29.1 Å². The number of rotatable bonds is 3. The quantitative estimate of drug-likeness (QED) is 0.922. The van der Waals surface area contributed by atoms with Crippen molar-refractivity contribution in [3.8, 4) is 0 Å². The molecule has 17 heavy (non-hydrogen) atoms. The molecule has 5 heteroatoms. The number of hydrogen-bond acceptors (Lipinski definition) is 2. The number of halogens is 2. The smallest absolute Gasteiger partial charge is 0.255 e. The van der Waals surface area contributed by atoms with Crippen molar-refractivity contribution in [1.82, 2.24) is 5.32 Å². The van der Waals surface area contributed by atoms with Crippen molar-refractivity contribution in [3.63, 3.8) is 0 Å². The summed E-state index contributed by atoms with van der Waals surface area (Å²) in [5, 5.41) is 4.62. The lowest BCUT2D eigenvalue weighted by Crippen LogP contribution is -2.23.